The van der Waals surface area contributed by atoms with Crippen molar-refractivity contribution < 1.29 is 19.0 Å². The average molecular weight is 343 g/mol. The maximum absolute atomic E-state index is 12.4. The average Bonchev–Trinajstić information content (AvgIpc) is 2.64. The molecule has 134 valence electrons. The number of hydrogen-bond donors (Lipinski definition) is 1. The SMILES string of the molecule is COc1ccc(CNC(=O)c2ccc(OC)c(COC(C)C)c2)cc1. The smallest absolute Gasteiger partial charge is 0.251 e. The van der Waals surface area contributed by atoms with Crippen LogP contribution in [0.25, 0.3) is 0 Å². The summed E-state index contributed by atoms with van der Waals surface area (Å²) in [6.45, 7) is 4.79. The Bertz CT molecular complexity index is 695. The third-order valence-corrected chi connectivity index (χ3v) is 3.73. The monoisotopic (exact) mass is 343 g/mol. The zero-order valence-corrected chi connectivity index (χ0v) is 15.2. The van der Waals surface area contributed by atoms with E-state index in [2.05, 4.69) is 5.32 Å². The molecule has 0 unspecified atom stereocenters. The summed E-state index contributed by atoms with van der Waals surface area (Å²) in [7, 11) is 3.23. The standard InChI is InChI=1S/C20H25NO4/c1-14(2)25-13-17-11-16(7-10-19(17)24-4)20(22)21-12-15-5-8-18(23-3)9-6-15/h5-11,14H,12-13H2,1-4H3,(H,21,22). The highest BCUT2D eigenvalue weighted by molar-refractivity contribution is 5.94. The molecular weight excluding hydrogens is 318 g/mol. The van der Waals surface area contributed by atoms with E-state index in [1.54, 1.807) is 26.4 Å². The summed E-state index contributed by atoms with van der Waals surface area (Å²) in [6, 6.07) is 12.9. The molecule has 5 nitrogen and oxygen atoms in total. The van der Waals surface area contributed by atoms with Crippen molar-refractivity contribution in [1.29, 1.82) is 0 Å². The van der Waals surface area contributed by atoms with E-state index in [0.29, 0.717) is 24.5 Å². The molecule has 0 aliphatic heterocycles. The fourth-order valence-electron chi connectivity index (χ4n) is 2.32. The molecule has 0 spiro atoms. The van der Waals surface area contributed by atoms with Crippen LogP contribution in [0.1, 0.15) is 35.3 Å². The molecule has 0 saturated carbocycles. The zero-order chi connectivity index (χ0) is 18.2. The van der Waals surface area contributed by atoms with Gasteiger partial charge in [-0.3, -0.25) is 4.79 Å². The highest BCUT2D eigenvalue weighted by Crippen LogP contribution is 2.21. The largest absolute Gasteiger partial charge is 0.497 e. The normalized spacial score (nSPS) is 10.6. The molecule has 2 aromatic rings. The van der Waals surface area contributed by atoms with E-state index in [4.69, 9.17) is 14.2 Å². The van der Waals surface area contributed by atoms with E-state index in [1.807, 2.05) is 44.2 Å². The molecule has 0 aromatic heterocycles. The first-order chi connectivity index (χ1) is 12.0. The summed E-state index contributed by atoms with van der Waals surface area (Å²) in [4.78, 5) is 12.4. The molecule has 2 aromatic carbocycles. The lowest BCUT2D eigenvalue weighted by Gasteiger charge is -2.13. The maximum atomic E-state index is 12.4. The lowest BCUT2D eigenvalue weighted by molar-refractivity contribution is 0.0644. The first-order valence-electron chi connectivity index (χ1n) is 8.23. The summed E-state index contributed by atoms with van der Waals surface area (Å²) in [5.74, 6) is 1.37. The Labute approximate surface area is 148 Å². The minimum absolute atomic E-state index is 0.109. The van der Waals surface area contributed by atoms with Crippen molar-refractivity contribution in [3.05, 3.63) is 59.2 Å². The molecule has 0 fully saturated rings. The number of nitrogens with one attached hydrogen (secondary N) is 1. The van der Waals surface area contributed by atoms with Crippen molar-refractivity contribution in [1.82, 2.24) is 5.32 Å². The Balaban J connectivity index is 2.03. The van der Waals surface area contributed by atoms with Crippen molar-refractivity contribution in [2.45, 2.75) is 33.1 Å². The van der Waals surface area contributed by atoms with Crippen molar-refractivity contribution in [3.63, 3.8) is 0 Å². The van der Waals surface area contributed by atoms with Gasteiger partial charge < -0.3 is 19.5 Å². The van der Waals surface area contributed by atoms with Crippen molar-refractivity contribution in [2.24, 2.45) is 0 Å². The number of methoxy groups -OCH3 is 2. The summed E-state index contributed by atoms with van der Waals surface area (Å²) < 4.78 is 16.1. The van der Waals surface area contributed by atoms with Crippen molar-refractivity contribution in [2.75, 3.05) is 14.2 Å². The molecule has 1 amide bonds. The molecule has 0 bridgehead atoms. The Morgan fingerprint density at radius 1 is 1.04 bits per heavy atom. The van der Waals surface area contributed by atoms with Crippen LogP contribution in [-0.2, 0) is 17.9 Å². The lowest BCUT2D eigenvalue weighted by Crippen LogP contribution is -2.23. The van der Waals surface area contributed by atoms with Crippen LogP contribution >= 0.6 is 0 Å². The molecule has 5 heteroatoms. The number of amides is 1. The van der Waals surface area contributed by atoms with Gasteiger partial charge in [0.05, 0.1) is 26.9 Å². The van der Waals surface area contributed by atoms with Crippen LogP contribution < -0.4 is 14.8 Å². The van der Waals surface area contributed by atoms with E-state index < -0.39 is 0 Å². The number of carbonyl (C=O) groups is 1. The van der Waals surface area contributed by atoms with Gasteiger partial charge in [0.2, 0.25) is 0 Å². The van der Waals surface area contributed by atoms with Gasteiger partial charge in [-0.2, -0.15) is 0 Å². The topological polar surface area (TPSA) is 56.8 Å². The molecule has 2 rings (SSSR count). The van der Waals surface area contributed by atoms with Gasteiger partial charge in [0.1, 0.15) is 11.5 Å². The predicted molar refractivity (Wildman–Crippen MR) is 97.1 cm³/mol. The highest BCUT2D eigenvalue weighted by atomic mass is 16.5. The minimum Gasteiger partial charge on any atom is -0.497 e. The quantitative estimate of drug-likeness (QED) is 0.796. The van der Waals surface area contributed by atoms with Gasteiger partial charge in [0, 0.05) is 17.7 Å². The Morgan fingerprint density at radius 2 is 1.76 bits per heavy atom. The molecular formula is C20H25NO4. The second-order valence-electron chi connectivity index (χ2n) is 5.92. The van der Waals surface area contributed by atoms with Crippen LogP contribution in [0.15, 0.2) is 42.5 Å². The number of rotatable bonds is 8. The molecule has 0 aliphatic rings. The van der Waals surface area contributed by atoms with Gasteiger partial charge in [0.15, 0.2) is 0 Å². The van der Waals surface area contributed by atoms with E-state index in [0.717, 1.165) is 16.9 Å². The number of hydrogen-bond acceptors (Lipinski definition) is 4. The fourth-order valence-corrected chi connectivity index (χ4v) is 2.32. The van der Waals surface area contributed by atoms with Crippen LogP contribution in [0.5, 0.6) is 11.5 Å². The molecule has 0 radical (unpaired) electrons. The van der Waals surface area contributed by atoms with Crippen molar-refractivity contribution >= 4 is 5.91 Å². The summed E-state index contributed by atoms with van der Waals surface area (Å²) >= 11 is 0. The van der Waals surface area contributed by atoms with Crippen LogP contribution in [0.4, 0.5) is 0 Å². The van der Waals surface area contributed by atoms with Gasteiger partial charge in [-0.05, 0) is 49.7 Å². The van der Waals surface area contributed by atoms with E-state index in [-0.39, 0.29) is 12.0 Å². The molecule has 0 aliphatic carbocycles. The zero-order valence-electron chi connectivity index (χ0n) is 15.2. The number of benzene rings is 2. The molecule has 25 heavy (non-hydrogen) atoms. The van der Waals surface area contributed by atoms with Gasteiger partial charge in [0.25, 0.3) is 5.91 Å². The van der Waals surface area contributed by atoms with Crippen LogP contribution in [0.2, 0.25) is 0 Å². The Morgan fingerprint density at radius 3 is 2.36 bits per heavy atom. The van der Waals surface area contributed by atoms with Gasteiger partial charge in [-0.15, -0.1) is 0 Å². The summed E-state index contributed by atoms with van der Waals surface area (Å²) in [5.41, 5.74) is 2.44. The number of ether oxygens (including phenoxy) is 3. The van der Waals surface area contributed by atoms with E-state index >= 15 is 0 Å². The first-order valence-corrected chi connectivity index (χ1v) is 8.23. The van der Waals surface area contributed by atoms with Crippen LogP contribution in [0, 0.1) is 0 Å². The predicted octanol–water partition coefficient (Wildman–Crippen LogP) is 3.56. The van der Waals surface area contributed by atoms with E-state index in [1.165, 1.54) is 0 Å². The van der Waals surface area contributed by atoms with E-state index in [9.17, 15) is 4.79 Å². The second kappa shape index (κ2) is 9.08. The second-order valence-corrected chi connectivity index (χ2v) is 5.92. The van der Waals surface area contributed by atoms with Crippen molar-refractivity contribution in [3.8, 4) is 11.5 Å². The molecule has 0 saturated heterocycles. The Hall–Kier alpha value is -2.53. The number of carbonyl (C=O) groups excluding carboxylic acids is 1. The molecule has 0 heterocycles. The third kappa shape index (κ3) is 5.50. The lowest BCUT2D eigenvalue weighted by atomic mass is 10.1. The third-order valence-electron chi connectivity index (χ3n) is 3.73. The van der Waals surface area contributed by atoms with Crippen LogP contribution in [-0.4, -0.2) is 26.2 Å². The first kappa shape index (κ1) is 18.8. The van der Waals surface area contributed by atoms with Gasteiger partial charge in [-0.25, -0.2) is 0 Å². The minimum atomic E-state index is -0.135. The highest BCUT2D eigenvalue weighted by Gasteiger charge is 2.11. The fraction of sp³-hybridized carbons (Fsp3) is 0.350. The molecule has 0 atom stereocenters. The van der Waals surface area contributed by atoms with Crippen LogP contribution in [0.3, 0.4) is 0 Å². The van der Waals surface area contributed by atoms with Gasteiger partial charge in [-0.1, -0.05) is 12.1 Å². The molecule has 1 N–H and O–H groups in total. The van der Waals surface area contributed by atoms with Gasteiger partial charge >= 0.3 is 0 Å². The summed E-state index contributed by atoms with van der Waals surface area (Å²) in [5, 5.41) is 2.92. The Kier molecular flexibility index (Phi) is 6.83. The maximum Gasteiger partial charge on any atom is 0.251 e. The summed E-state index contributed by atoms with van der Waals surface area (Å²) in [6.07, 6.45) is 0.109.